The van der Waals surface area contributed by atoms with E-state index in [2.05, 4.69) is 11.8 Å². The van der Waals surface area contributed by atoms with Crippen molar-refractivity contribution >= 4 is 0 Å². The second-order valence-corrected chi connectivity index (χ2v) is 4.29. The summed E-state index contributed by atoms with van der Waals surface area (Å²) in [4.78, 5) is 0. The van der Waals surface area contributed by atoms with Crippen LogP contribution in [0.4, 0.5) is 0 Å². The molecule has 1 aromatic carbocycles. The monoisotopic (exact) mass is 276 g/mol. The molecule has 4 nitrogen and oxygen atoms in total. The van der Waals surface area contributed by atoms with Crippen LogP contribution in [0.3, 0.4) is 0 Å². The van der Waals surface area contributed by atoms with Gasteiger partial charge in [0.05, 0.1) is 46.2 Å². The molecular formula is C16H20O4. The zero-order valence-electron chi connectivity index (χ0n) is 11.5. The summed E-state index contributed by atoms with van der Waals surface area (Å²) >= 11 is 0. The third-order valence-electron chi connectivity index (χ3n) is 2.71. The maximum Gasteiger partial charge on any atom is 0.141 e. The number of hydrogen-bond donors (Lipinski definition) is 0. The fourth-order valence-corrected chi connectivity index (χ4v) is 1.70. The smallest absolute Gasteiger partial charge is 0.141 e. The van der Waals surface area contributed by atoms with Gasteiger partial charge in [-0.25, -0.2) is 0 Å². The first-order chi connectivity index (χ1) is 9.95. The molecule has 0 bridgehead atoms. The van der Waals surface area contributed by atoms with Gasteiger partial charge in [0.15, 0.2) is 0 Å². The lowest BCUT2D eigenvalue weighted by Crippen LogP contribution is -2.23. The van der Waals surface area contributed by atoms with Crippen LogP contribution in [0.25, 0.3) is 0 Å². The predicted octanol–water partition coefficient (Wildman–Crippen LogP) is 1.49. The minimum absolute atomic E-state index is 0.238. The van der Waals surface area contributed by atoms with Gasteiger partial charge >= 0.3 is 0 Å². The van der Waals surface area contributed by atoms with Crippen LogP contribution in [0, 0.1) is 11.8 Å². The van der Waals surface area contributed by atoms with E-state index in [1.54, 1.807) is 0 Å². The molecule has 1 aliphatic heterocycles. The van der Waals surface area contributed by atoms with Crippen molar-refractivity contribution in [2.75, 3.05) is 46.2 Å². The van der Waals surface area contributed by atoms with E-state index in [0.717, 1.165) is 5.56 Å². The van der Waals surface area contributed by atoms with Gasteiger partial charge in [-0.1, -0.05) is 30.0 Å². The van der Waals surface area contributed by atoms with Crippen molar-refractivity contribution in [2.24, 2.45) is 0 Å². The zero-order chi connectivity index (χ0) is 13.9. The Balaban J connectivity index is 1.87. The van der Waals surface area contributed by atoms with E-state index >= 15 is 0 Å². The van der Waals surface area contributed by atoms with Gasteiger partial charge in [-0.15, -0.1) is 0 Å². The Hall–Kier alpha value is -1.38. The van der Waals surface area contributed by atoms with Crippen LogP contribution in [0.15, 0.2) is 30.3 Å². The van der Waals surface area contributed by atoms with Crippen LogP contribution in [0.1, 0.15) is 5.56 Å². The fourth-order valence-electron chi connectivity index (χ4n) is 1.70. The lowest BCUT2D eigenvalue weighted by atomic mass is 10.2. The Bertz CT molecular complexity index is 409. The Kier molecular flexibility index (Phi) is 7.14. The molecule has 4 heteroatoms. The highest BCUT2D eigenvalue weighted by Gasteiger charge is 2.06. The van der Waals surface area contributed by atoms with E-state index in [1.807, 2.05) is 30.3 Å². The van der Waals surface area contributed by atoms with E-state index in [1.165, 1.54) is 0 Å². The molecule has 1 aliphatic rings. The van der Waals surface area contributed by atoms with E-state index in [-0.39, 0.29) is 6.10 Å². The summed E-state index contributed by atoms with van der Waals surface area (Å²) in [7, 11) is 0. The van der Waals surface area contributed by atoms with Crippen molar-refractivity contribution < 1.29 is 18.9 Å². The molecule has 1 fully saturated rings. The van der Waals surface area contributed by atoms with Crippen LogP contribution in [-0.2, 0) is 18.9 Å². The molecule has 108 valence electrons. The molecule has 0 spiro atoms. The fraction of sp³-hybridized carbons (Fsp3) is 0.500. The van der Waals surface area contributed by atoms with Crippen molar-refractivity contribution in [3.05, 3.63) is 35.9 Å². The summed E-state index contributed by atoms with van der Waals surface area (Å²) in [6.45, 7) is 3.81. The molecule has 2 rings (SSSR count). The third-order valence-corrected chi connectivity index (χ3v) is 2.71. The molecule has 1 saturated heterocycles. The normalized spacial score (nSPS) is 21.9. The number of benzene rings is 1. The second kappa shape index (κ2) is 9.51. The highest BCUT2D eigenvalue weighted by Crippen LogP contribution is 1.98. The molecule has 0 amide bonds. The molecule has 1 unspecified atom stereocenters. The summed E-state index contributed by atoms with van der Waals surface area (Å²) < 4.78 is 21.9. The highest BCUT2D eigenvalue weighted by atomic mass is 16.6. The van der Waals surface area contributed by atoms with Crippen LogP contribution in [0.2, 0.25) is 0 Å². The molecule has 1 atom stereocenters. The first kappa shape index (κ1) is 15.0. The summed E-state index contributed by atoms with van der Waals surface area (Å²) in [5, 5.41) is 0. The molecular weight excluding hydrogens is 256 g/mol. The Morgan fingerprint density at radius 3 is 2.20 bits per heavy atom. The molecule has 20 heavy (non-hydrogen) atoms. The molecule has 1 aromatic rings. The average Bonchev–Trinajstić information content (AvgIpc) is 2.48. The van der Waals surface area contributed by atoms with E-state index < -0.39 is 0 Å². The van der Waals surface area contributed by atoms with Gasteiger partial charge in [0.1, 0.15) is 6.10 Å². The Morgan fingerprint density at radius 1 is 0.800 bits per heavy atom. The highest BCUT2D eigenvalue weighted by molar-refractivity contribution is 5.34. The van der Waals surface area contributed by atoms with E-state index in [4.69, 9.17) is 18.9 Å². The summed E-state index contributed by atoms with van der Waals surface area (Å²) in [5.74, 6) is 6.20. The van der Waals surface area contributed by atoms with Crippen LogP contribution in [-0.4, -0.2) is 52.4 Å². The summed E-state index contributed by atoms with van der Waals surface area (Å²) in [5.41, 5.74) is 0.974. The van der Waals surface area contributed by atoms with Crippen molar-refractivity contribution in [3.63, 3.8) is 0 Å². The van der Waals surface area contributed by atoms with Crippen LogP contribution < -0.4 is 0 Å². The SMILES string of the molecule is C(#CC1COCCOCCOCCO1)c1ccccc1. The molecule has 0 radical (unpaired) electrons. The maximum absolute atomic E-state index is 5.67. The minimum atomic E-state index is -0.238. The third kappa shape index (κ3) is 6.18. The molecule has 0 saturated carbocycles. The quantitative estimate of drug-likeness (QED) is 0.673. The van der Waals surface area contributed by atoms with Gasteiger partial charge < -0.3 is 18.9 Å². The molecule has 0 aromatic heterocycles. The summed E-state index contributed by atoms with van der Waals surface area (Å²) in [6, 6.07) is 9.85. The lowest BCUT2D eigenvalue weighted by molar-refractivity contribution is -0.0502. The first-order valence-electron chi connectivity index (χ1n) is 6.86. The molecule has 0 aliphatic carbocycles. The standard InChI is InChI=1S/C16H20O4/c1-2-4-15(5-3-1)6-7-16-14-19-11-10-17-8-9-18-12-13-20-16/h1-5,16H,8-14H2. The van der Waals surface area contributed by atoms with Crippen LogP contribution in [0.5, 0.6) is 0 Å². The number of ether oxygens (including phenoxy) is 4. The van der Waals surface area contributed by atoms with Crippen molar-refractivity contribution in [3.8, 4) is 11.8 Å². The van der Waals surface area contributed by atoms with Crippen LogP contribution >= 0.6 is 0 Å². The first-order valence-corrected chi connectivity index (χ1v) is 6.86. The van der Waals surface area contributed by atoms with Gasteiger partial charge in [-0.05, 0) is 12.1 Å². The van der Waals surface area contributed by atoms with E-state index in [9.17, 15) is 0 Å². The van der Waals surface area contributed by atoms with Crippen molar-refractivity contribution in [2.45, 2.75) is 6.10 Å². The number of rotatable bonds is 0. The Labute approximate surface area is 120 Å². The van der Waals surface area contributed by atoms with Crippen molar-refractivity contribution in [1.82, 2.24) is 0 Å². The maximum atomic E-state index is 5.67. The second-order valence-electron chi connectivity index (χ2n) is 4.29. The Morgan fingerprint density at radius 2 is 1.45 bits per heavy atom. The van der Waals surface area contributed by atoms with Gasteiger partial charge in [-0.3, -0.25) is 0 Å². The van der Waals surface area contributed by atoms with Gasteiger partial charge in [-0.2, -0.15) is 0 Å². The number of hydrogen-bond acceptors (Lipinski definition) is 4. The molecule has 0 N–H and O–H groups in total. The lowest BCUT2D eigenvalue weighted by Gasteiger charge is -2.15. The summed E-state index contributed by atoms with van der Waals surface area (Å²) in [6.07, 6.45) is -0.238. The molecule has 1 heterocycles. The van der Waals surface area contributed by atoms with Gasteiger partial charge in [0, 0.05) is 5.56 Å². The van der Waals surface area contributed by atoms with Gasteiger partial charge in [0.25, 0.3) is 0 Å². The van der Waals surface area contributed by atoms with Crippen molar-refractivity contribution in [1.29, 1.82) is 0 Å². The predicted molar refractivity (Wildman–Crippen MR) is 75.5 cm³/mol. The van der Waals surface area contributed by atoms with Gasteiger partial charge in [0.2, 0.25) is 0 Å². The average molecular weight is 276 g/mol. The zero-order valence-corrected chi connectivity index (χ0v) is 11.5. The topological polar surface area (TPSA) is 36.9 Å². The van der Waals surface area contributed by atoms with E-state index in [0.29, 0.717) is 46.2 Å². The minimum Gasteiger partial charge on any atom is -0.377 e. The largest absolute Gasteiger partial charge is 0.377 e.